The Balaban J connectivity index is 2.37. The Morgan fingerprint density at radius 2 is 2.05 bits per heavy atom. The van der Waals surface area contributed by atoms with Gasteiger partial charge < -0.3 is 5.32 Å². The molecule has 8 heteroatoms. The van der Waals surface area contributed by atoms with Crippen LogP contribution >= 0.6 is 43.5 Å². The molecule has 0 spiro atoms. The normalized spacial score (nSPS) is 10.3. The van der Waals surface area contributed by atoms with Crippen molar-refractivity contribution < 1.29 is 4.92 Å². The van der Waals surface area contributed by atoms with Crippen LogP contribution in [-0.4, -0.2) is 9.91 Å². The van der Waals surface area contributed by atoms with E-state index in [0.717, 1.165) is 4.47 Å². The Hall–Kier alpha value is -1.18. The number of halogens is 3. The summed E-state index contributed by atoms with van der Waals surface area (Å²) < 4.78 is 1.29. The smallest absolute Gasteiger partial charge is 0.312 e. The molecule has 5 nitrogen and oxygen atoms in total. The minimum absolute atomic E-state index is 0.117. The van der Waals surface area contributed by atoms with E-state index in [1.54, 1.807) is 18.2 Å². The molecule has 1 aromatic heterocycles. The SMILES string of the molecule is O=[N+]([O-])c1cc(Br)cnc1Nc1ccc(Br)c(Cl)c1. The van der Waals surface area contributed by atoms with E-state index in [2.05, 4.69) is 42.2 Å². The van der Waals surface area contributed by atoms with Gasteiger partial charge in [0.15, 0.2) is 0 Å². The molecule has 0 fully saturated rings. The summed E-state index contributed by atoms with van der Waals surface area (Å²) in [5.74, 6) is 0.159. The Morgan fingerprint density at radius 3 is 2.68 bits per heavy atom. The van der Waals surface area contributed by atoms with Gasteiger partial charge in [0.05, 0.1) is 9.95 Å². The molecule has 2 aromatic rings. The van der Waals surface area contributed by atoms with Crippen LogP contribution in [0.3, 0.4) is 0 Å². The number of nitrogens with zero attached hydrogens (tertiary/aromatic N) is 2. The summed E-state index contributed by atoms with van der Waals surface area (Å²) in [4.78, 5) is 14.4. The fourth-order valence-corrected chi connectivity index (χ4v) is 2.12. The molecule has 0 aliphatic rings. The Labute approximate surface area is 130 Å². The lowest BCUT2D eigenvalue weighted by molar-refractivity contribution is -0.384. The highest BCUT2D eigenvalue weighted by Crippen LogP contribution is 2.31. The van der Waals surface area contributed by atoms with Crippen molar-refractivity contribution >= 4 is 60.7 Å². The van der Waals surface area contributed by atoms with Gasteiger partial charge in [0.2, 0.25) is 5.82 Å². The van der Waals surface area contributed by atoms with E-state index < -0.39 is 4.92 Å². The number of nitrogens with one attached hydrogen (secondary N) is 1. The molecular weight excluding hydrogens is 401 g/mol. The summed E-state index contributed by atoms with van der Waals surface area (Å²) in [6.07, 6.45) is 1.48. The summed E-state index contributed by atoms with van der Waals surface area (Å²) in [6.45, 7) is 0. The highest BCUT2D eigenvalue weighted by atomic mass is 79.9. The van der Waals surface area contributed by atoms with Crippen molar-refractivity contribution in [3.8, 4) is 0 Å². The molecule has 0 saturated carbocycles. The van der Waals surface area contributed by atoms with Crippen LogP contribution in [0.1, 0.15) is 0 Å². The van der Waals surface area contributed by atoms with Gasteiger partial charge in [-0.25, -0.2) is 4.98 Å². The molecule has 2 rings (SSSR count). The van der Waals surface area contributed by atoms with Gasteiger partial charge in [-0.15, -0.1) is 0 Å². The second-order valence-corrected chi connectivity index (χ2v) is 5.71. The van der Waals surface area contributed by atoms with Crippen LogP contribution in [0, 0.1) is 10.1 Å². The molecule has 0 radical (unpaired) electrons. The molecule has 0 amide bonds. The number of hydrogen-bond donors (Lipinski definition) is 1. The maximum absolute atomic E-state index is 11.0. The minimum Gasteiger partial charge on any atom is -0.334 e. The monoisotopic (exact) mass is 405 g/mol. The molecule has 0 aliphatic carbocycles. The van der Waals surface area contributed by atoms with E-state index in [1.807, 2.05) is 0 Å². The van der Waals surface area contributed by atoms with E-state index in [-0.39, 0.29) is 11.5 Å². The second kappa shape index (κ2) is 5.85. The maximum Gasteiger partial charge on any atom is 0.312 e. The lowest BCUT2D eigenvalue weighted by Crippen LogP contribution is -1.99. The van der Waals surface area contributed by atoms with E-state index in [4.69, 9.17) is 11.6 Å². The zero-order valence-electron chi connectivity index (χ0n) is 9.23. The zero-order chi connectivity index (χ0) is 14.0. The third kappa shape index (κ3) is 3.43. The Bertz CT molecular complexity index is 652. The highest BCUT2D eigenvalue weighted by Gasteiger charge is 2.16. The number of aromatic nitrogens is 1. The fraction of sp³-hybridized carbons (Fsp3) is 0. The number of benzene rings is 1. The molecule has 0 atom stereocenters. The van der Waals surface area contributed by atoms with Gasteiger partial charge in [-0.1, -0.05) is 11.6 Å². The van der Waals surface area contributed by atoms with Gasteiger partial charge in [-0.3, -0.25) is 10.1 Å². The number of pyridine rings is 1. The lowest BCUT2D eigenvalue weighted by atomic mass is 10.3. The molecule has 0 unspecified atom stereocenters. The number of rotatable bonds is 3. The van der Waals surface area contributed by atoms with Crippen LogP contribution in [0.25, 0.3) is 0 Å². The average molecular weight is 407 g/mol. The molecule has 0 bridgehead atoms. The third-order valence-electron chi connectivity index (χ3n) is 2.21. The molecule has 19 heavy (non-hydrogen) atoms. The first-order valence-electron chi connectivity index (χ1n) is 4.99. The summed E-state index contributed by atoms with van der Waals surface area (Å²) in [7, 11) is 0. The number of anilines is 2. The van der Waals surface area contributed by atoms with Crippen molar-refractivity contribution in [2.75, 3.05) is 5.32 Å². The summed E-state index contributed by atoms with van der Waals surface area (Å²) >= 11 is 12.4. The maximum atomic E-state index is 11.0. The fourth-order valence-electron chi connectivity index (χ4n) is 1.37. The van der Waals surface area contributed by atoms with Gasteiger partial charge in [-0.2, -0.15) is 0 Å². The van der Waals surface area contributed by atoms with Crippen LogP contribution < -0.4 is 5.32 Å². The largest absolute Gasteiger partial charge is 0.334 e. The summed E-state index contributed by atoms with van der Waals surface area (Å²) in [5.41, 5.74) is 0.500. The zero-order valence-corrected chi connectivity index (χ0v) is 13.2. The van der Waals surface area contributed by atoms with Crippen LogP contribution in [-0.2, 0) is 0 Å². The molecule has 1 heterocycles. The van der Waals surface area contributed by atoms with Crippen molar-refractivity contribution in [3.63, 3.8) is 0 Å². The van der Waals surface area contributed by atoms with Gasteiger partial charge in [0.1, 0.15) is 0 Å². The van der Waals surface area contributed by atoms with Crippen LogP contribution in [0.2, 0.25) is 5.02 Å². The van der Waals surface area contributed by atoms with Crippen molar-refractivity contribution in [3.05, 3.63) is 54.5 Å². The Morgan fingerprint density at radius 1 is 1.32 bits per heavy atom. The molecule has 1 N–H and O–H groups in total. The van der Waals surface area contributed by atoms with Gasteiger partial charge in [0.25, 0.3) is 0 Å². The first kappa shape index (κ1) is 14.2. The van der Waals surface area contributed by atoms with Crippen molar-refractivity contribution in [2.24, 2.45) is 0 Å². The second-order valence-electron chi connectivity index (χ2n) is 3.53. The first-order chi connectivity index (χ1) is 8.97. The van der Waals surface area contributed by atoms with Gasteiger partial charge >= 0.3 is 5.69 Å². The van der Waals surface area contributed by atoms with Crippen LogP contribution in [0.5, 0.6) is 0 Å². The topological polar surface area (TPSA) is 68.1 Å². The van der Waals surface area contributed by atoms with E-state index in [9.17, 15) is 10.1 Å². The van der Waals surface area contributed by atoms with Crippen LogP contribution in [0.15, 0.2) is 39.4 Å². The van der Waals surface area contributed by atoms with Gasteiger partial charge in [0, 0.05) is 26.9 Å². The summed E-state index contributed by atoms with van der Waals surface area (Å²) in [5, 5.41) is 14.3. The predicted octanol–water partition coefficient (Wildman–Crippen LogP) is 4.91. The standard InChI is InChI=1S/C11H6Br2ClN3O2/c12-6-3-10(17(18)19)11(15-5-6)16-7-1-2-8(13)9(14)4-7/h1-5H,(H,15,16). The van der Waals surface area contributed by atoms with Crippen molar-refractivity contribution in [1.29, 1.82) is 0 Å². The third-order valence-corrected chi connectivity index (χ3v) is 3.88. The first-order valence-corrected chi connectivity index (χ1v) is 6.96. The predicted molar refractivity (Wildman–Crippen MR) is 81.0 cm³/mol. The van der Waals surface area contributed by atoms with E-state index in [0.29, 0.717) is 15.2 Å². The molecule has 1 aromatic carbocycles. The lowest BCUT2D eigenvalue weighted by Gasteiger charge is -2.07. The molecule has 0 saturated heterocycles. The Kier molecular flexibility index (Phi) is 4.38. The molecule has 0 aliphatic heterocycles. The summed E-state index contributed by atoms with van der Waals surface area (Å²) in [6, 6.07) is 6.52. The molecule has 98 valence electrons. The minimum atomic E-state index is -0.499. The average Bonchev–Trinajstić information content (AvgIpc) is 2.36. The van der Waals surface area contributed by atoms with E-state index in [1.165, 1.54) is 12.3 Å². The van der Waals surface area contributed by atoms with E-state index >= 15 is 0 Å². The highest BCUT2D eigenvalue weighted by molar-refractivity contribution is 9.10. The van der Waals surface area contributed by atoms with Gasteiger partial charge in [-0.05, 0) is 50.1 Å². The number of hydrogen-bond acceptors (Lipinski definition) is 4. The molecular formula is C11H6Br2ClN3O2. The van der Waals surface area contributed by atoms with Crippen molar-refractivity contribution in [2.45, 2.75) is 0 Å². The quantitative estimate of drug-likeness (QED) is 0.580. The van der Waals surface area contributed by atoms with Crippen molar-refractivity contribution in [1.82, 2.24) is 4.98 Å². The van der Waals surface area contributed by atoms with Crippen LogP contribution in [0.4, 0.5) is 17.2 Å². The number of nitro groups is 1.